The van der Waals surface area contributed by atoms with E-state index in [0.29, 0.717) is 5.92 Å². The van der Waals surface area contributed by atoms with E-state index < -0.39 is 0 Å². The van der Waals surface area contributed by atoms with Gasteiger partial charge >= 0.3 is 0 Å². The second-order valence-electron chi connectivity index (χ2n) is 4.96. The van der Waals surface area contributed by atoms with Crippen molar-refractivity contribution < 1.29 is 0 Å². The van der Waals surface area contributed by atoms with Crippen LogP contribution in [0.5, 0.6) is 0 Å². The number of aromatic nitrogens is 1. The van der Waals surface area contributed by atoms with Gasteiger partial charge < -0.3 is 4.57 Å². The number of nitrogens with zero attached hydrogens (tertiary/aromatic N) is 1. The van der Waals surface area contributed by atoms with Crippen LogP contribution in [-0.2, 0) is 7.05 Å². The Labute approximate surface area is 95.7 Å². The molecule has 1 heterocycles. The van der Waals surface area contributed by atoms with Gasteiger partial charge in [-0.2, -0.15) is 0 Å². The molecule has 16 heavy (non-hydrogen) atoms. The summed E-state index contributed by atoms with van der Waals surface area (Å²) in [5.41, 5.74) is 2.69. The van der Waals surface area contributed by atoms with E-state index in [4.69, 9.17) is 0 Å². The Balaban J connectivity index is 2.55. The highest BCUT2D eigenvalue weighted by atomic mass is 14.9. The van der Waals surface area contributed by atoms with Gasteiger partial charge in [0.25, 0.3) is 0 Å². The van der Waals surface area contributed by atoms with Crippen LogP contribution < -0.4 is 10.6 Å². The fourth-order valence-corrected chi connectivity index (χ4v) is 2.65. The Morgan fingerprint density at radius 2 is 2.12 bits per heavy atom. The maximum absolute atomic E-state index is 2.39. The summed E-state index contributed by atoms with van der Waals surface area (Å²) in [6, 6.07) is 6.73. The van der Waals surface area contributed by atoms with Crippen LogP contribution in [0.25, 0.3) is 23.1 Å². The molecular weight excluding hydrogens is 194 g/mol. The Bertz CT molecular complexity index is 674. The average Bonchev–Trinajstić information content (AvgIpc) is 2.53. The van der Waals surface area contributed by atoms with E-state index in [-0.39, 0.29) is 0 Å². The molecule has 0 N–H and O–H groups in total. The van der Waals surface area contributed by atoms with Crippen molar-refractivity contribution >= 4 is 23.1 Å². The molecule has 3 rings (SSSR count). The molecule has 2 aromatic rings. The largest absolute Gasteiger partial charge is 0.344 e. The van der Waals surface area contributed by atoms with Gasteiger partial charge in [0.15, 0.2) is 0 Å². The van der Waals surface area contributed by atoms with Gasteiger partial charge in [-0.15, -0.1) is 0 Å². The molecule has 1 aromatic carbocycles. The van der Waals surface area contributed by atoms with Gasteiger partial charge in [-0.05, 0) is 30.9 Å². The van der Waals surface area contributed by atoms with Crippen molar-refractivity contribution in [2.75, 3.05) is 0 Å². The molecule has 0 fully saturated rings. The standard InChI is InChI=1S/C15H17N/c1-10-4-6-12-13-7-5-11(2)9-15(13)16(3)14(12)8-10/h4,6-9,11H,5H2,1-3H3. The van der Waals surface area contributed by atoms with Crippen LogP contribution in [0, 0.1) is 12.8 Å². The predicted octanol–water partition coefficient (Wildman–Crippen LogP) is 2.09. The van der Waals surface area contributed by atoms with Gasteiger partial charge in [-0.1, -0.05) is 31.2 Å². The zero-order valence-electron chi connectivity index (χ0n) is 10.1. The molecule has 1 unspecified atom stereocenters. The van der Waals surface area contributed by atoms with Crippen LogP contribution in [0.3, 0.4) is 0 Å². The summed E-state index contributed by atoms with van der Waals surface area (Å²) in [6.45, 7) is 4.43. The molecule has 1 nitrogen and oxygen atoms in total. The highest BCUT2D eigenvalue weighted by molar-refractivity contribution is 5.83. The first kappa shape index (κ1) is 9.71. The smallest absolute Gasteiger partial charge is 0.0491 e. The Kier molecular flexibility index (Phi) is 1.97. The van der Waals surface area contributed by atoms with Crippen molar-refractivity contribution in [3.05, 3.63) is 34.3 Å². The third-order valence-corrected chi connectivity index (χ3v) is 3.58. The second-order valence-corrected chi connectivity index (χ2v) is 4.96. The summed E-state index contributed by atoms with van der Waals surface area (Å²) in [7, 11) is 2.17. The molecule has 0 aliphatic heterocycles. The maximum Gasteiger partial charge on any atom is 0.0491 e. The third-order valence-electron chi connectivity index (χ3n) is 3.58. The quantitative estimate of drug-likeness (QED) is 0.629. The maximum atomic E-state index is 2.39. The van der Waals surface area contributed by atoms with Crippen molar-refractivity contribution in [3.63, 3.8) is 0 Å². The fraction of sp³-hybridized carbons (Fsp3) is 0.333. The van der Waals surface area contributed by atoms with Crippen molar-refractivity contribution in [1.29, 1.82) is 0 Å². The van der Waals surface area contributed by atoms with E-state index in [1.165, 1.54) is 33.5 Å². The average molecular weight is 211 g/mol. The first-order valence-electron chi connectivity index (χ1n) is 5.94. The van der Waals surface area contributed by atoms with Crippen molar-refractivity contribution in [2.24, 2.45) is 13.0 Å². The molecule has 82 valence electrons. The molecule has 0 amide bonds. The van der Waals surface area contributed by atoms with E-state index in [2.05, 4.69) is 55.8 Å². The molecule has 1 aliphatic carbocycles. The minimum atomic E-state index is 0.664. The van der Waals surface area contributed by atoms with Crippen LogP contribution in [0.1, 0.15) is 18.9 Å². The Hall–Kier alpha value is -1.50. The molecule has 0 saturated heterocycles. The third kappa shape index (κ3) is 1.24. The van der Waals surface area contributed by atoms with Gasteiger partial charge in [-0.3, -0.25) is 0 Å². The van der Waals surface area contributed by atoms with Gasteiger partial charge in [0.1, 0.15) is 0 Å². The first-order chi connectivity index (χ1) is 7.66. The molecule has 1 aliphatic rings. The number of hydrogen-bond acceptors (Lipinski definition) is 0. The lowest BCUT2D eigenvalue weighted by Gasteiger charge is -2.05. The van der Waals surface area contributed by atoms with E-state index in [0.717, 1.165) is 0 Å². The van der Waals surface area contributed by atoms with E-state index in [1.807, 2.05) is 0 Å². The van der Waals surface area contributed by atoms with Crippen molar-refractivity contribution in [3.8, 4) is 0 Å². The number of rotatable bonds is 0. The molecule has 0 saturated carbocycles. The second kappa shape index (κ2) is 3.24. The van der Waals surface area contributed by atoms with E-state index in [1.54, 1.807) is 0 Å². The molecule has 1 atom stereocenters. The number of aryl methyl sites for hydroxylation is 2. The SMILES string of the molecule is Cc1ccc2c3c(n(C)c2c1)=CC(C)CC=3. The molecule has 0 bridgehead atoms. The molecular formula is C15H17N. The lowest BCUT2D eigenvalue weighted by Crippen LogP contribution is -2.31. The summed E-state index contributed by atoms with van der Waals surface area (Å²) in [4.78, 5) is 0. The summed E-state index contributed by atoms with van der Waals surface area (Å²) in [5.74, 6) is 0.664. The van der Waals surface area contributed by atoms with Crippen LogP contribution >= 0.6 is 0 Å². The van der Waals surface area contributed by atoms with E-state index >= 15 is 0 Å². The summed E-state index contributed by atoms with van der Waals surface area (Å²) in [5, 5.41) is 4.21. The van der Waals surface area contributed by atoms with Crippen LogP contribution in [0.2, 0.25) is 0 Å². The molecule has 1 aromatic heterocycles. The first-order valence-corrected chi connectivity index (χ1v) is 5.94. The number of benzene rings is 1. The number of hydrogen-bond donors (Lipinski definition) is 0. The highest BCUT2D eigenvalue weighted by Crippen LogP contribution is 2.14. The zero-order valence-corrected chi connectivity index (χ0v) is 10.1. The topological polar surface area (TPSA) is 4.93 Å². The molecule has 0 spiro atoms. The zero-order chi connectivity index (χ0) is 11.3. The predicted molar refractivity (Wildman–Crippen MR) is 69.6 cm³/mol. The van der Waals surface area contributed by atoms with E-state index in [9.17, 15) is 0 Å². The normalized spacial score (nSPS) is 19.1. The van der Waals surface area contributed by atoms with Crippen LogP contribution in [0.15, 0.2) is 18.2 Å². The number of fused-ring (bicyclic) bond motifs is 3. The Morgan fingerprint density at radius 1 is 1.31 bits per heavy atom. The van der Waals surface area contributed by atoms with Gasteiger partial charge in [0, 0.05) is 28.5 Å². The van der Waals surface area contributed by atoms with Gasteiger partial charge in [0.2, 0.25) is 0 Å². The summed E-state index contributed by atoms with van der Waals surface area (Å²) < 4.78 is 2.32. The fourth-order valence-electron chi connectivity index (χ4n) is 2.65. The van der Waals surface area contributed by atoms with Gasteiger partial charge in [-0.25, -0.2) is 0 Å². The Morgan fingerprint density at radius 3 is 2.94 bits per heavy atom. The monoisotopic (exact) mass is 211 g/mol. The summed E-state index contributed by atoms with van der Waals surface area (Å²) in [6.07, 6.45) is 5.95. The van der Waals surface area contributed by atoms with Crippen molar-refractivity contribution in [1.82, 2.24) is 4.57 Å². The lowest BCUT2D eigenvalue weighted by atomic mass is 10.0. The summed E-state index contributed by atoms with van der Waals surface area (Å²) >= 11 is 0. The molecule has 1 heteroatoms. The van der Waals surface area contributed by atoms with Gasteiger partial charge in [0.05, 0.1) is 0 Å². The van der Waals surface area contributed by atoms with Crippen LogP contribution in [0.4, 0.5) is 0 Å². The lowest BCUT2D eigenvalue weighted by molar-refractivity contribution is 0.783. The highest BCUT2D eigenvalue weighted by Gasteiger charge is 2.09. The molecule has 0 radical (unpaired) electrons. The minimum absolute atomic E-state index is 0.664. The van der Waals surface area contributed by atoms with Crippen molar-refractivity contribution in [2.45, 2.75) is 20.3 Å². The minimum Gasteiger partial charge on any atom is -0.344 e. The van der Waals surface area contributed by atoms with Crippen LogP contribution in [-0.4, -0.2) is 4.57 Å².